The molecule has 7 heteroatoms. The molecule has 1 aliphatic rings. The van der Waals surface area contributed by atoms with Gasteiger partial charge in [-0.1, -0.05) is 84.9 Å². The monoisotopic (exact) mass is 648 g/mol. The summed E-state index contributed by atoms with van der Waals surface area (Å²) in [4.78, 5) is 14.0. The smallest absolute Gasteiger partial charge is 0.266 e. The summed E-state index contributed by atoms with van der Waals surface area (Å²) in [5.74, 6) is -5.30. The van der Waals surface area contributed by atoms with Crippen LogP contribution in [0, 0.1) is 28.4 Å². The van der Waals surface area contributed by atoms with E-state index in [0.717, 1.165) is 44.6 Å². The molecule has 0 spiro atoms. The lowest BCUT2D eigenvalue weighted by molar-refractivity contribution is -0.115. The average Bonchev–Trinajstić information content (AvgIpc) is 2.97. The molecule has 0 aromatic heterocycles. The number of carbonyl (C=O) groups excluding carboxylic acids is 1. The van der Waals surface area contributed by atoms with Crippen LogP contribution in [0.1, 0.15) is 109 Å². The van der Waals surface area contributed by atoms with Gasteiger partial charge in [0.15, 0.2) is 17.4 Å². The van der Waals surface area contributed by atoms with Crippen LogP contribution in [0.4, 0.5) is 23.2 Å². The second-order valence-corrected chi connectivity index (χ2v) is 14.2. The van der Waals surface area contributed by atoms with Crippen molar-refractivity contribution < 1.29 is 22.4 Å². The van der Waals surface area contributed by atoms with Crippen molar-refractivity contribution in [3.05, 3.63) is 106 Å². The molecule has 2 aromatic rings. The van der Waals surface area contributed by atoms with Gasteiger partial charge >= 0.3 is 0 Å². The maximum Gasteiger partial charge on any atom is 0.266 e. The number of rotatable bonds is 14. The topological polar surface area (TPSA) is 52.9 Å². The Hall–Kier alpha value is -3.92. The lowest BCUT2D eigenvalue weighted by atomic mass is 9.64. The van der Waals surface area contributed by atoms with Gasteiger partial charge < -0.3 is 5.32 Å². The van der Waals surface area contributed by atoms with Gasteiger partial charge in [0.1, 0.15) is 0 Å². The van der Waals surface area contributed by atoms with Crippen molar-refractivity contribution in [1.82, 2.24) is 0 Å². The van der Waals surface area contributed by atoms with Crippen LogP contribution in [0.5, 0.6) is 0 Å². The van der Waals surface area contributed by atoms with E-state index in [9.17, 15) is 23.2 Å². The number of nitriles is 1. The van der Waals surface area contributed by atoms with Gasteiger partial charge in [-0.15, -0.1) is 0 Å². The van der Waals surface area contributed by atoms with Crippen molar-refractivity contribution in [2.75, 3.05) is 5.32 Å². The summed E-state index contributed by atoms with van der Waals surface area (Å²) in [7, 11) is 0. The van der Waals surface area contributed by atoms with Crippen LogP contribution in [-0.4, -0.2) is 11.7 Å². The van der Waals surface area contributed by atoms with Crippen molar-refractivity contribution in [3.63, 3.8) is 0 Å². The number of ketones is 1. The Morgan fingerprint density at radius 1 is 1.04 bits per heavy atom. The van der Waals surface area contributed by atoms with E-state index in [1.807, 2.05) is 46.8 Å². The number of carbonyl (C=O) groups is 1. The second-order valence-electron chi connectivity index (χ2n) is 14.2. The first kappa shape index (κ1) is 37.5. The van der Waals surface area contributed by atoms with Gasteiger partial charge in [-0.05, 0) is 84.4 Å². The molecule has 0 bridgehead atoms. The van der Waals surface area contributed by atoms with E-state index in [0.29, 0.717) is 34.4 Å². The fourth-order valence-electron chi connectivity index (χ4n) is 5.74. The van der Waals surface area contributed by atoms with E-state index < -0.39 is 28.8 Å². The fraction of sp³-hybridized carbons (Fsp3) is 0.450. The van der Waals surface area contributed by atoms with Crippen molar-refractivity contribution in [1.29, 1.82) is 5.26 Å². The molecular weight excluding hydrogens is 600 g/mol. The zero-order valence-corrected chi connectivity index (χ0v) is 28.9. The molecule has 0 aliphatic heterocycles. The summed E-state index contributed by atoms with van der Waals surface area (Å²) in [6, 6.07) is 10.9. The van der Waals surface area contributed by atoms with Crippen LogP contribution in [0.15, 0.2) is 72.0 Å². The number of anilines is 1. The maximum absolute atomic E-state index is 15.0. The van der Waals surface area contributed by atoms with Gasteiger partial charge in [0.05, 0.1) is 11.6 Å². The largest absolute Gasteiger partial charge is 0.355 e. The quantitative estimate of drug-likeness (QED) is 0.0960. The summed E-state index contributed by atoms with van der Waals surface area (Å²) in [5, 5.41) is 13.5. The summed E-state index contributed by atoms with van der Waals surface area (Å²) in [6.07, 6.45) is 5.49. The van der Waals surface area contributed by atoms with Crippen LogP contribution >= 0.6 is 0 Å². The highest BCUT2D eigenvalue weighted by Gasteiger charge is 2.39. The number of benzene rings is 2. The number of unbranched alkanes of at least 4 members (excludes halogenated alkanes) is 1. The summed E-state index contributed by atoms with van der Waals surface area (Å²) >= 11 is 0. The molecule has 47 heavy (non-hydrogen) atoms. The molecule has 2 aromatic carbocycles. The first-order chi connectivity index (χ1) is 21.8. The van der Waals surface area contributed by atoms with E-state index in [4.69, 9.17) is 0 Å². The van der Waals surface area contributed by atoms with Gasteiger partial charge in [0, 0.05) is 41.3 Å². The van der Waals surface area contributed by atoms with Crippen LogP contribution in [0.3, 0.4) is 0 Å². The number of hydrogen-bond acceptors (Lipinski definition) is 3. The summed E-state index contributed by atoms with van der Waals surface area (Å²) in [6.45, 7) is 20.4. The van der Waals surface area contributed by atoms with Crippen molar-refractivity contribution in [3.8, 4) is 6.07 Å². The zero-order valence-electron chi connectivity index (χ0n) is 28.9. The molecule has 0 amide bonds. The minimum absolute atomic E-state index is 0.0561. The van der Waals surface area contributed by atoms with Gasteiger partial charge in [-0.2, -0.15) is 5.26 Å². The molecule has 1 aliphatic carbocycles. The maximum atomic E-state index is 15.0. The van der Waals surface area contributed by atoms with E-state index >= 15 is 4.39 Å². The molecule has 1 N–H and O–H groups in total. The van der Waals surface area contributed by atoms with Crippen molar-refractivity contribution in [2.24, 2.45) is 5.41 Å². The molecular formula is C40H48F4N2O. The highest BCUT2D eigenvalue weighted by Crippen LogP contribution is 2.48. The van der Waals surface area contributed by atoms with E-state index in [2.05, 4.69) is 24.5 Å². The van der Waals surface area contributed by atoms with Gasteiger partial charge in [0.2, 0.25) is 0 Å². The second kappa shape index (κ2) is 14.9. The minimum atomic E-state index is -3.04. The normalized spacial score (nSPS) is 15.3. The first-order valence-electron chi connectivity index (χ1n) is 16.3. The van der Waals surface area contributed by atoms with Crippen LogP contribution in [0.25, 0.3) is 5.57 Å². The average molecular weight is 649 g/mol. The number of allylic oxidation sites excluding steroid dienone is 5. The molecule has 0 saturated heterocycles. The third-order valence-electron chi connectivity index (χ3n) is 9.27. The van der Waals surface area contributed by atoms with Crippen molar-refractivity contribution in [2.45, 2.75) is 111 Å². The molecule has 0 heterocycles. The fourth-order valence-corrected chi connectivity index (χ4v) is 5.74. The van der Waals surface area contributed by atoms with Gasteiger partial charge in [-0.3, -0.25) is 4.79 Å². The Morgan fingerprint density at radius 2 is 1.64 bits per heavy atom. The molecule has 0 radical (unpaired) electrons. The Labute approximate surface area is 278 Å². The Balaban J connectivity index is 2.04. The van der Waals surface area contributed by atoms with Gasteiger partial charge in [-0.25, -0.2) is 17.6 Å². The Bertz CT molecular complexity index is 1640. The molecule has 0 atom stereocenters. The summed E-state index contributed by atoms with van der Waals surface area (Å²) in [5.41, 5.74) is 2.34. The summed E-state index contributed by atoms with van der Waals surface area (Å²) < 4.78 is 58.0. The predicted octanol–water partition coefficient (Wildman–Crippen LogP) is 11.4. The third-order valence-corrected chi connectivity index (χ3v) is 9.27. The van der Waals surface area contributed by atoms with Gasteiger partial charge in [0.25, 0.3) is 5.92 Å². The number of halogens is 4. The molecule has 1 saturated carbocycles. The first-order valence-corrected chi connectivity index (χ1v) is 16.3. The third kappa shape index (κ3) is 8.91. The lowest BCUT2D eigenvalue weighted by Gasteiger charge is -2.39. The molecule has 0 unspecified atom stereocenters. The number of Topliss-reactive ketones (excluding diaryl/α,β-unsaturated/α-hetero) is 1. The number of nitrogens with one attached hydrogen (secondary N) is 1. The zero-order chi connectivity index (χ0) is 35.3. The predicted molar refractivity (Wildman–Crippen MR) is 184 cm³/mol. The van der Waals surface area contributed by atoms with Crippen LogP contribution in [0.2, 0.25) is 0 Å². The lowest BCUT2D eigenvalue weighted by Crippen LogP contribution is -2.30. The highest BCUT2D eigenvalue weighted by molar-refractivity contribution is 6.02. The minimum Gasteiger partial charge on any atom is -0.355 e. The SMILES string of the molecule is C=C(Nc1ccc(C(C)(C)C)cc1C(=C)/C=C(\C)C(C)(F)F)/C(C(=O)CCc1ccc(CCCC)c(F)c1F)=C(\C#N)C1(C)CCC1. The highest BCUT2D eigenvalue weighted by atomic mass is 19.3. The number of aryl methyl sites for hydroxylation is 2. The number of hydrogen-bond donors (Lipinski definition) is 1. The molecule has 3 nitrogen and oxygen atoms in total. The molecule has 3 rings (SSSR count). The Morgan fingerprint density at radius 3 is 2.13 bits per heavy atom. The van der Waals surface area contributed by atoms with E-state index in [-0.39, 0.29) is 40.7 Å². The molecule has 1 fully saturated rings. The van der Waals surface area contributed by atoms with Crippen LogP contribution in [-0.2, 0) is 23.1 Å². The Kier molecular flexibility index (Phi) is 11.9. The molecule has 252 valence electrons. The van der Waals surface area contributed by atoms with E-state index in [1.54, 1.807) is 12.1 Å². The number of alkyl halides is 2. The van der Waals surface area contributed by atoms with E-state index in [1.165, 1.54) is 19.1 Å². The van der Waals surface area contributed by atoms with Crippen LogP contribution < -0.4 is 5.32 Å². The number of nitrogens with zero attached hydrogens (tertiary/aromatic N) is 1. The van der Waals surface area contributed by atoms with Crippen molar-refractivity contribution >= 4 is 17.0 Å². The standard InChI is InChI=1S/C40H48F4N2O/c1-10-11-13-28-14-15-29(37(42)36(28)41)16-19-34(47)35(32(24-45)39(8)20-12-21-39)27(4)46-33-18-17-30(38(5,6)7)23-31(33)25(2)22-26(3)40(9,43)44/h14-15,17-18,22-23,46H,2,4,10-13,16,19-21H2,1,3,5-9H3/b26-22+,35-32-.